The quantitative estimate of drug-likeness (QED) is 0.629. The van der Waals surface area contributed by atoms with Gasteiger partial charge in [0.1, 0.15) is 11.5 Å². The van der Waals surface area contributed by atoms with E-state index in [-0.39, 0.29) is 5.78 Å². The molecule has 0 aliphatic heterocycles. The third-order valence-electron chi connectivity index (χ3n) is 1.90. The number of ketones is 1. The number of carbonyl (C=O) groups excluding carboxylic acids is 1. The second-order valence-electron chi connectivity index (χ2n) is 3.25. The predicted molar refractivity (Wildman–Crippen MR) is 62.1 cm³/mol. The number of oxazole rings is 1. The summed E-state index contributed by atoms with van der Waals surface area (Å²) in [6.07, 6.45) is 3.77. The van der Waals surface area contributed by atoms with Crippen LogP contribution in [-0.4, -0.2) is 10.8 Å². The van der Waals surface area contributed by atoms with Gasteiger partial charge in [0, 0.05) is 6.42 Å². The van der Waals surface area contributed by atoms with Crippen molar-refractivity contribution in [2.75, 3.05) is 0 Å². The molecule has 0 aliphatic carbocycles. The number of H-pyrrole nitrogens is 1. The molecule has 0 aliphatic rings. The van der Waals surface area contributed by atoms with Gasteiger partial charge in [0.15, 0.2) is 0 Å². The molecule has 0 atom stereocenters. The zero-order valence-electron chi connectivity index (χ0n) is 8.79. The Morgan fingerprint density at radius 3 is 2.73 bits per heavy atom. The SMILES string of the molecule is C=C/C=C(/CC(C)=O)c1[nH]c(=S)oc1C. The van der Waals surface area contributed by atoms with Crippen molar-refractivity contribution < 1.29 is 9.21 Å². The smallest absolute Gasteiger partial charge is 0.266 e. The van der Waals surface area contributed by atoms with E-state index in [1.807, 2.05) is 0 Å². The number of carbonyl (C=O) groups is 1. The van der Waals surface area contributed by atoms with Crippen molar-refractivity contribution in [3.8, 4) is 0 Å². The van der Waals surface area contributed by atoms with Gasteiger partial charge in [0.2, 0.25) is 0 Å². The van der Waals surface area contributed by atoms with Gasteiger partial charge in [-0.2, -0.15) is 0 Å². The zero-order valence-corrected chi connectivity index (χ0v) is 9.61. The second-order valence-corrected chi connectivity index (χ2v) is 3.62. The van der Waals surface area contributed by atoms with Gasteiger partial charge >= 0.3 is 0 Å². The molecule has 0 radical (unpaired) electrons. The molecule has 15 heavy (non-hydrogen) atoms. The summed E-state index contributed by atoms with van der Waals surface area (Å²) in [5.41, 5.74) is 1.62. The van der Waals surface area contributed by atoms with Crippen LogP contribution in [0.25, 0.3) is 5.57 Å². The van der Waals surface area contributed by atoms with Crippen molar-refractivity contribution in [1.29, 1.82) is 0 Å². The summed E-state index contributed by atoms with van der Waals surface area (Å²) in [5.74, 6) is 0.775. The minimum Gasteiger partial charge on any atom is -0.434 e. The summed E-state index contributed by atoms with van der Waals surface area (Å²) in [5, 5.41) is 0. The Hall–Kier alpha value is -1.42. The summed E-state index contributed by atoms with van der Waals surface area (Å²) in [4.78, 5) is 14.3. The Labute approximate surface area is 93.5 Å². The maximum Gasteiger partial charge on any atom is 0.266 e. The van der Waals surface area contributed by atoms with E-state index in [9.17, 15) is 4.79 Å². The lowest BCUT2D eigenvalue weighted by Gasteiger charge is -2.01. The van der Waals surface area contributed by atoms with Gasteiger partial charge in [-0.25, -0.2) is 0 Å². The Balaban J connectivity index is 3.15. The lowest BCUT2D eigenvalue weighted by molar-refractivity contribution is -0.116. The largest absolute Gasteiger partial charge is 0.434 e. The Morgan fingerprint density at radius 2 is 2.33 bits per heavy atom. The summed E-state index contributed by atoms with van der Waals surface area (Å²) in [6, 6.07) is 0. The van der Waals surface area contributed by atoms with E-state index in [4.69, 9.17) is 16.6 Å². The molecule has 0 fully saturated rings. The van der Waals surface area contributed by atoms with Crippen LogP contribution >= 0.6 is 12.2 Å². The van der Waals surface area contributed by atoms with E-state index in [2.05, 4.69) is 11.6 Å². The average Bonchev–Trinajstić information content (AvgIpc) is 2.44. The third-order valence-corrected chi connectivity index (χ3v) is 2.09. The molecule has 0 amide bonds. The number of hydrogen-bond donors (Lipinski definition) is 1. The number of Topliss-reactive ketones (excluding diaryl/α,β-unsaturated/α-hetero) is 1. The van der Waals surface area contributed by atoms with Gasteiger partial charge in [0.05, 0.1) is 5.69 Å². The number of nitrogens with one attached hydrogen (secondary N) is 1. The fourth-order valence-electron chi connectivity index (χ4n) is 1.35. The van der Waals surface area contributed by atoms with Crippen LogP contribution in [0, 0.1) is 11.8 Å². The number of rotatable bonds is 4. The highest BCUT2D eigenvalue weighted by molar-refractivity contribution is 7.71. The average molecular weight is 223 g/mol. The number of aromatic nitrogens is 1. The predicted octanol–water partition coefficient (Wildman–Crippen LogP) is 3.19. The molecule has 0 bridgehead atoms. The van der Waals surface area contributed by atoms with Crippen LogP contribution < -0.4 is 0 Å². The molecule has 0 aromatic carbocycles. The third kappa shape index (κ3) is 3.02. The first-order chi connectivity index (χ1) is 7.04. The van der Waals surface area contributed by atoms with E-state index in [0.717, 1.165) is 11.3 Å². The van der Waals surface area contributed by atoms with Crippen molar-refractivity contribution in [3.05, 3.63) is 35.0 Å². The lowest BCUT2D eigenvalue weighted by Crippen LogP contribution is -1.95. The minimum atomic E-state index is 0.0861. The van der Waals surface area contributed by atoms with Crippen molar-refractivity contribution in [2.24, 2.45) is 0 Å². The molecule has 3 nitrogen and oxygen atoms in total. The van der Waals surface area contributed by atoms with Gasteiger partial charge in [-0.1, -0.05) is 18.7 Å². The van der Waals surface area contributed by atoms with Crippen LogP contribution in [0.4, 0.5) is 0 Å². The van der Waals surface area contributed by atoms with Crippen LogP contribution in [0.2, 0.25) is 0 Å². The molecule has 0 saturated carbocycles. The zero-order chi connectivity index (χ0) is 11.4. The second kappa shape index (κ2) is 4.89. The summed E-state index contributed by atoms with van der Waals surface area (Å²) in [7, 11) is 0. The van der Waals surface area contributed by atoms with Gasteiger partial charge in [-0.05, 0) is 31.6 Å². The topological polar surface area (TPSA) is 46.0 Å². The van der Waals surface area contributed by atoms with Crippen LogP contribution in [0.15, 0.2) is 23.1 Å². The maximum atomic E-state index is 11.1. The molecular weight excluding hydrogens is 210 g/mol. The van der Waals surface area contributed by atoms with E-state index >= 15 is 0 Å². The molecule has 1 N–H and O–H groups in total. The summed E-state index contributed by atoms with van der Waals surface area (Å²) >= 11 is 4.88. The number of aryl methyl sites for hydroxylation is 1. The summed E-state index contributed by atoms with van der Waals surface area (Å²) < 4.78 is 5.20. The Bertz CT molecular complexity index is 465. The highest BCUT2D eigenvalue weighted by Gasteiger charge is 2.10. The van der Waals surface area contributed by atoms with E-state index in [1.54, 1.807) is 26.0 Å². The monoisotopic (exact) mass is 223 g/mol. The van der Waals surface area contributed by atoms with Crippen molar-refractivity contribution >= 4 is 23.6 Å². The van der Waals surface area contributed by atoms with Gasteiger partial charge in [-0.3, -0.25) is 4.79 Å². The highest BCUT2D eigenvalue weighted by atomic mass is 32.1. The van der Waals surface area contributed by atoms with E-state index in [0.29, 0.717) is 17.0 Å². The lowest BCUT2D eigenvalue weighted by atomic mass is 10.1. The number of allylic oxidation sites excluding steroid dienone is 3. The highest BCUT2D eigenvalue weighted by Crippen LogP contribution is 2.21. The first-order valence-electron chi connectivity index (χ1n) is 4.55. The first kappa shape index (κ1) is 11.7. The van der Waals surface area contributed by atoms with Crippen LogP contribution in [0.5, 0.6) is 0 Å². The Kier molecular flexibility index (Phi) is 3.80. The van der Waals surface area contributed by atoms with E-state index in [1.165, 1.54) is 0 Å². The minimum absolute atomic E-state index is 0.0861. The summed E-state index contributed by atoms with van der Waals surface area (Å²) in [6.45, 7) is 6.96. The normalized spacial score (nSPS) is 11.5. The van der Waals surface area contributed by atoms with Gasteiger partial charge in [-0.15, -0.1) is 0 Å². The molecular formula is C11H13NO2S. The molecule has 0 unspecified atom stereocenters. The van der Waals surface area contributed by atoms with Crippen LogP contribution in [-0.2, 0) is 4.79 Å². The number of aromatic amines is 1. The van der Waals surface area contributed by atoms with Gasteiger partial charge in [0.25, 0.3) is 4.84 Å². The maximum absolute atomic E-state index is 11.1. The van der Waals surface area contributed by atoms with Crippen molar-refractivity contribution in [2.45, 2.75) is 20.3 Å². The molecule has 0 saturated heterocycles. The molecule has 1 aromatic heterocycles. The fraction of sp³-hybridized carbons (Fsp3) is 0.273. The van der Waals surface area contributed by atoms with Gasteiger partial charge < -0.3 is 9.40 Å². The molecule has 1 rings (SSSR count). The van der Waals surface area contributed by atoms with E-state index < -0.39 is 0 Å². The fourth-order valence-corrected chi connectivity index (χ4v) is 1.58. The standard InChI is InChI=1S/C11H13NO2S/c1-4-5-9(6-7(2)13)10-8(3)14-11(15)12-10/h4-5H,1,6H2,2-3H3,(H,12,15)/b9-5-. The molecule has 1 heterocycles. The molecule has 4 heteroatoms. The van der Waals surface area contributed by atoms with Crippen LogP contribution in [0.3, 0.4) is 0 Å². The number of hydrogen-bond acceptors (Lipinski definition) is 3. The molecule has 0 spiro atoms. The van der Waals surface area contributed by atoms with Crippen molar-refractivity contribution in [1.82, 2.24) is 4.98 Å². The van der Waals surface area contributed by atoms with Crippen molar-refractivity contribution in [3.63, 3.8) is 0 Å². The molecule has 80 valence electrons. The Morgan fingerprint density at radius 1 is 1.67 bits per heavy atom. The molecule has 1 aromatic rings. The first-order valence-corrected chi connectivity index (χ1v) is 4.96. The van der Waals surface area contributed by atoms with Crippen LogP contribution in [0.1, 0.15) is 24.8 Å².